The maximum Gasteiger partial charge on any atom is 0.255 e. The van der Waals surface area contributed by atoms with Crippen LogP contribution in [0.3, 0.4) is 0 Å². The number of carbonyl (C=O) groups excluding carboxylic acids is 1. The van der Waals surface area contributed by atoms with Gasteiger partial charge in [0.1, 0.15) is 5.75 Å². The molecule has 0 radical (unpaired) electrons. The van der Waals surface area contributed by atoms with E-state index in [1.807, 2.05) is 0 Å². The number of hydrogen-bond acceptors (Lipinski definition) is 6. The first-order valence-corrected chi connectivity index (χ1v) is 9.19. The quantitative estimate of drug-likeness (QED) is 0.564. The minimum Gasteiger partial charge on any atom is -0.495 e. The number of pyridine rings is 1. The van der Waals surface area contributed by atoms with Crippen LogP contribution in [0.15, 0.2) is 52.6 Å². The fourth-order valence-electron chi connectivity index (χ4n) is 1.93. The first kappa shape index (κ1) is 19.8. The number of likely N-dealkylation sites (N-methyl/N-ethyl adjacent to an activating group) is 1. The van der Waals surface area contributed by atoms with Crippen molar-refractivity contribution in [1.29, 1.82) is 0 Å². The summed E-state index contributed by atoms with van der Waals surface area (Å²) in [6, 6.07) is 9.30. The van der Waals surface area contributed by atoms with Crippen LogP contribution in [0.5, 0.6) is 5.75 Å². The summed E-state index contributed by atoms with van der Waals surface area (Å²) in [6.45, 7) is -0.411. The Hall–Kier alpha value is -2.49. The molecule has 0 bridgehead atoms. The molecule has 0 aliphatic carbocycles. The summed E-state index contributed by atoms with van der Waals surface area (Å²) in [5, 5.41) is 3.90. The van der Waals surface area contributed by atoms with E-state index in [4.69, 9.17) is 16.3 Å². The van der Waals surface area contributed by atoms with E-state index >= 15 is 0 Å². The van der Waals surface area contributed by atoms with Crippen LogP contribution < -0.4 is 10.2 Å². The molecule has 1 N–H and O–H groups in total. The van der Waals surface area contributed by atoms with Gasteiger partial charge in [-0.1, -0.05) is 17.7 Å². The Morgan fingerprint density at radius 2 is 2.15 bits per heavy atom. The third kappa shape index (κ3) is 5.01. The molecule has 0 aliphatic heterocycles. The summed E-state index contributed by atoms with van der Waals surface area (Å²) >= 11 is 5.96. The Bertz CT molecular complexity index is 904. The predicted octanol–water partition coefficient (Wildman–Crippen LogP) is 1.51. The zero-order chi connectivity index (χ0) is 19.2. The molecule has 1 aromatic heterocycles. The molecule has 10 heteroatoms. The van der Waals surface area contributed by atoms with Gasteiger partial charge in [-0.3, -0.25) is 9.78 Å². The highest BCUT2D eigenvalue weighted by molar-refractivity contribution is 7.89. The lowest BCUT2D eigenvalue weighted by molar-refractivity contribution is -0.121. The van der Waals surface area contributed by atoms with Crippen LogP contribution >= 0.6 is 11.6 Å². The Balaban J connectivity index is 2.01. The van der Waals surface area contributed by atoms with Crippen molar-refractivity contribution in [3.63, 3.8) is 0 Å². The third-order valence-corrected chi connectivity index (χ3v) is 5.37. The topological polar surface area (TPSA) is 101 Å². The van der Waals surface area contributed by atoms with E-state index < -0.39 is 22.5 Å². The molecule has 1 aromatic carbocycles. The molecule has 2 aromatic rings. The largest absolute Gasteiger partial charge is 0.495 e. The molecule has 0 atom stereocenters. The van der Waals surface area contributed by atoms with E-state index in [2.05, 4.69) is 15.5 Å². The van der Waals surface area contributed by atoms with Gasteiger partial charge in [0.05, 0.1) is 35.5 Å². The molecule has 1 heterocycles. The third-order valence-electron chi connectivity index (χ3n) is 3.27. The van der Waals surface area contributed by atoms with Gasteiger partial charge in [-0.15, -0.1) is 0 Å². The number of amides is 1. The lowest BCUT2D eigenvalue weighted by atomic mass is 10.3. The Morgan fingerprint density at radius 3 is 2.77 bits per heavy atom. The van der Waals surface area contributed by atoms with Crippen LogP contribution in [0.4, 0.5) is 0 Å². The highest BCUT2D eigenvalue weighted by Crippen LogP contribution is 2.27. The number of methoxy groups -OCH3 is 1. The van der Waals surface area contributed by atoms with Crippen LogP contribution in [-0.4, -0.2) is 50.5 Å². The molecule has 1 amide bonds. The molecule has 8 nitrogen and oxygen atoms in total. The van der Waals surface area contributed by atoms with Crippen molar-refractivity contribution in [2.45, 2.75) is 4.90 Å². The van der Waals surface area contributed by atoms with Crippen molar-refractivity contribution in [1.82, 2.24) is 14.7 Å². The van der Waals surface area contributed by atoms with Crippen molar-refractivity contribution in [3.8, 4) is 5.75 Å². The predicted molar refractivity (Wildman–Crippen MR) is 97.8 cm³/mol. The van der Waals surface area contributed by atoms with Gasteiger partial charge in [-0.05, 0) is 30.3 Å². The highest BCUT2D eigenvalue weighted by atomic mass is 35.5. The second-order valence-electron chi connectivity index (χ2n) is 5.11. The molecule has 0 saturated heterocycles. The Labute approximate surface area is 156 Å². The zero-order valence-electron chi connectivity index (χ0n) is 14.1. The molecule has 0 saturated carbocycles. The summed E-state index contributed by atoms with van der Waals surface area (Å²) in [5.74, 6) is -0.238. The van der Waals surface area contributed by atoms with Crippen LogP contribution in [0.1, 0.15) is 5.69 Å². The normalized spacial score (nSPS) is 11.7. The first-order valence-electron chi connectivity index (χ1n) is 7.37. The number of carbonyl (C=O) groups is 1. The van der Waals surface area contributed by atoms with E-state index in [-0.39, 0.29) is 9.92 Å². The van der Waals surface area contributed by atoms with E-state index in [9.17, 15) is 13.2 Å². The van der Waals surface area contributed by atoms with Crippen molar-refractivity contribution in [3.05, 3.63) is 53.3 Å². The fraction of sp³-hybridized carbons (Fsp3) is 0.188. The fourth-order valence-corrected chi connectivity index (χ4v) is 3.41. The lowest BCUT2D eigenvalue weighted by Crippen LogP contribution is -2.36. The van der Waals surface area contributed by atoms with Gasteiger partial charge >= 0.3 is 0 Å². The van der Waals surface area contributed by atoms with Crippen LogP contribution in [0.2, 0.25) is 5.02 Å². The first-order chi connectivity index (χ1) is 12.3. The number of halogens is 1. The molecule has 26 heavy (non-hydrogen) atoms. The summed E-state index contributed by atoms with van der Waals surface area (Å²) < 4.78 is 30.9. The number of aromatic nitrogens is 1. The van der Waals surface area contributed by atoms with E-state index in [0.29, 0.717) is 11.4 Å². The molecule has 0 aliphatic rings. The van der Waals surface area contributed by atoms with Gasteiger partial charge in [-0.25, -0.2) is 13.8 Å². The number of hydrazone groups is 1. The smallest absolute Gasteiger partial charge is 0.255 e. The van der Waals surface area contributed by atoms with Crippen molar-refractivity contribution < 1.29 is 17.9 Å². The lowest BCUT2D eigenvalue weighted by Gasteiger charge is -2.16. The Kier molecular flexibility index (Phi) is 6.67. The molecule has 0 unspecified atom stereocenters. The van der Waals surface area contributed by atoms with Gasteiger partial charge in [0.25, 0.3) is 5.91 Å². The number of nitrogens with one attached hydrogen (secondary N) is 1. The van der Waals surface area contributed by atoms with Gasteiger partial charge < -0.3 is 4.74 Å². The second-order valence-corrected chi connectivity index (χ2v) is 7.56. The molecule has 0 fully saturated rings. The Morgan fingerprint density at radius 1 is 1.38 bits per heavy atom. The summed E-state index contributed by atoms with van der Waals surface area (Å²) in [4.78, 5) is 15.9. The number of rotatable bonds is 7. The highest BCUT2D eigenvalue weighted by Gasteiger charge is 2.23. The van der Waals surface area contributed by atoms with E-state index in [1.54, 1.807) is 24.4 Å². The summed E-state index contributed by atoms with van der Waals surface area (Å²) in [5.41, 5.74) is 2.81. The molecule has 2 rings (SSSR count). The van der Waals surface area contributed by atoms with Gasteiger partial charge in [0.15, 0.2) is 0 Å². The number of nitrogens with zero attached hydrogens (tertiary/aromatic N) is 3. The van der Waals surface area contributed by atoms with Gasteiger partial charge in [0, 0.05) is 13.2 Å². The average Bonchev–Trinajstić information content (AvgIpc) is 2.62. The monoisotopic (exact) mass is 396 g/mol. The van der Waals surface area contributed by atoms with Crippen LogP contribution in [0.25, 0.3) is 0 Å². The molecular weight excluding hydrogens is 380 g/mol. The summed E-state index contributed by atoms with van der Waals surface area (Å²) in [7, 11) is -1.18. The molecule has 138 valence electrons. The zero-order valence-corrected chi connectivity index (χ0v) is 15.7. The van der Waals surface area contributed by atoms with Crippen LogP contribution in [0, 0.1) is 0 Å². The SMILES string of the molecule is COc1ccc(S(=O)(=O)N(C)CC(=O)N/N=C/c2ccccn2)cc1Cl. The maximum absolute atomic E-state index is 12.5. The minimum absolute atomic E-state index is 0.0458. The minimum atomic E-state index is -3.89. The number of sulfonamides is 1. The summed E-state index contributed by atoms with van der Waals surface area (Å²) in [6.07, 6.45) is 2.94. The van der Waals surface area contributed by atoms with E-state index in [0.717, 1.165) is 4.31 Å². The number of ether oxygens (including phenoxy) is 1. The number of benzene rings is 1. The van der Waals surface area contributed by atoms with Gasteiger partial charge in [-0.2, -0.15) is 9.41 Å². The second kappa shape index (κ2) is 8.75. The van der Waals surface area contributed by atoms with Crippen molar-refractivity contribution in [2.24, 2.45) is 5.10 Å². The van der Waals surface area contributed by atoms with E-state index in [1.165, 1.54) is 38.6 Å². The number of hydrogen-bond donors (Lipinski definition) is 1. The molecule has 0 spiro atoms. The maximum atomic E-state index is 12.5. The van der Waals surface area contributed by atoms with Crippen molar-refractivity contribution >= 4 is 33.7 Å². The molecular formula is C16H17ClN4O4S. The van der Waals surface area contributed by atoms with Crippen molar-refractivity contribution in [2.75, 3.05) is 20.7 Å². The standard InChI is InChI=1S/C16H17ClN4O4S/c1-21(11-16(22)20-19-10-12-5-3-4-8-18-12)26(23,24)13-6-7-15(25-2)14(17)9-13/h3-10H,11H2,1-2H3,(H,20,22)/b19-10+. The van der Waals surface area contributed by atoms with Crippen LogP contribution in [-0.2, 0) is 14.8 Å². The van der Waals surface area contributed by atoms with Gasteiger partial charge in [0.2, 0.25) is 10.0 Å². The average molecular weight is 397 g/mol.